The lowest BCUT2D eigenvalue weighted by Gasteiger charge is -2.20. The first kappa shape index (κ1) is 60.9. The van der Waals surface area contributed by atoms with E-state index in [1.807, 2.05) is 6.08 Å². The Balaban J connectivity index is 3.44. The van der Waals surface area contributed by atoms with E-state index in [4.69, 9.17) is 0 Å². The van der Waals surface area contributed by atoms with Gasteiger partial charge < -0.3 is 15.5 Å². The van der Waals surface area contributed by atoms with Crippen molar-refractivity contribution in [2.75, 3.05) is 6.61 Å². The first-order valence-corrected chi connectivity index (χ1v) is 28.6. The van der Waals surface area contributed by atoms with Gasteiger partial charge >= 0.3 is 0 Å². The molecule has 4 heteroatoms. The minimum absolute atomic E-state index is 0.0641. The van der Waals surface area contributed by atoms with Gasteiger partial charge in [0.1, 0.15) is 0 Å². The van der Waals surface area contributed by atoms with E-state index in [0.717, 1.165) is 25.7 Å². The van der Waals surface area contributed by atoms with Gasteiger partial charge in [0.15, 0.2) is 0 Å². The molecule has 0 aromatic rings. The van der Waals surface area contributed by atoms with Crippen molar-refractivity contribution in [3.8, 4) is 0 Å². The monoisotopic (exact) mass is 872 g/mol. The van der Waals surface area contributed by atoms with Crippen molar-refractivity contribution in [3.05, 3.63) is 24.3 Å². The van der Waals surface area contributed by atoms with E-state index in [1.54, 1.807) is 6.08 Å². The minimum atomic E-state index is -0.840. The fraction of sp³-hybridized carbons (Fsp3) is 0.914. The first-order chi connectivity index (χ1) is 30.7. The fourth-order valence-corrected chi connectivity index (χ4v) is 9.06. The minimum Gasteiger partial charge on any atom is -0.394 e. The van der Waals surface area contributed by atoms with Crippen LogP contribution in [0.15, 0.2) is 24.3 Å². The van der Waals surface area contributed by atoms with Gasteiger partial charge in [0.05, 0.1) is 18.8 Å². The predicted octanol–water partition coefficient (Wildman–Crippen LogP) is 18.7. The Labute approximate surface area is 389 Å². The van der Waals surface area contributed by atoms with E-state index < -0.39 is 12.1 Å². The lowest BCUT2D eigenvalue weighted by atomic mass is 10.0. The Kier molecular flexibility index (Phi) is 53.2. The van der Waals surface area contributed by atoms with Gasteiger partial charge in [-0.1, -0.05) is 295 Å². The van der Waals surface area contributed by atoms with E-state index in [2.05, 4.69) is 31.3 Å². The van der Waals surface area contributed by atoms with Gasteiger partial charge in [0.25, 0.3) is 0 Å². The summed E-state index contributed by atoms with van der Waals surface area (Å²) >= 11 is 0. The number of unbranched alkanes of at least 4 members (excludes halogenated alkanes) is 44. The Morgan fingerprint density at radius 3 is 0.887 bits per heavy atom. The molecule has 0 aliphatic rings. The van der Waals surface area contributed by atoms with Gasteiger partial charge in [-0.05, 0) is 44.9 Å². The number of hydrogen-bond donors (Lipinski definition) is 3. The van der Waals surface area contributed by atoms with Gasteiger partial charge in [-0.25, -0.2) is 0 Å². The molecule has 368 valence electrons. The number of nitrogens with one attached hydrogen (secondary N) is 1. The highest BCUT2D eigenvalue weighted by Gasteiger charge is 2.18. The highest BCUT2D eigenvalue weighted by atomic mass is 16.3. The molecule has 0 heterocycles. The average Bonchev–Trinajstić information content (AvgIpc) is 3.28. The van der Waals surface area contributed by atoms with Crippen molar-refractivity contribution in [2.45, 2.75) is 334 Å². The Morgan fingerprint density at radius 2 is 0.613 bits per heavy atom. The van der Waals surface area contributed by atoms with Crippen LogP contribution in [-0.2, 0) is 4.79 Å². The number of aliphatic hydroxyl groups excluding tert-OH is 2. The number of carbonyl (C=O) groups excluding carboxylic acids is 1. The molecule has 4 nitrogen and oxygen atoms in total. The molecular formula is C58H113NO3. The second kappa shape index (κ2) is 54.2. The van der Waals surface area contributed by atoms with E-state index >= 15 is 0 Å². The number of hydrogen-bond acceptors (Lipinski definition) is 3. The van der Waals surface area contributed by atoms with Crippen molar-refractivity contribution in [2.24, 2.45) is 0 Å². The molecule has 2 atom stereocenters. The zero-order valence-corrected chi connectivity index (χ0v) is 42.4. The predicted molar refractivity (Wildman–Crippen MR) is 276 cm³/mol. The van der Waals surface area contributed by atoms with Crippen molar-refractivity contribution < 1.29 is 15.0 Å². The van der Waals surface area contributed by atoms with Gasteiger partial charge in [-0.15, -0.1) is 0 Å². The lowest BCUT2D eigenvalue weighted by Crippen LogP contribution is -2.45. The van der Waals surface area contributed by atoms with E-state index in [-0.39, 0.29) is 12.5 Å². The Bertz CT molecular complexity index is 901. The number of carbonyl (C=O) groups is 1. The van der Waals surface area contributed by atoms with Gasteiger partial charge in [0.2, 0.25) is 5.91 Å². The van der Waals surface area contributed by atoms with Crippen LogP contribution < -0.4 is 5.32 Å². The molecule has 0 saturated carbocycles. The quantitative estimate of drug-likeness (QED) is 0.0421. The van der Waals surface area contributed by atoms with Gasteiger partial charge in [-0.2, -0.15) is 0 Å². The molecule has 0 aliphatic carbocycles. The zero-order chi connectivity index (χ0) is 44.9. The van der Waals surface area contributed by atoms with Gasteiger partial charge in [0, 0.05) is 6.42 Å². The second-order valence-corrected chi connectivity index (χ2v) is 19.7. The summed E-state index contributed by atoms with van der Waals surface area (Å²) in [6.07, 6.45) is 72.1. The molecule has 0 radical (unpaired) electrons. The number of amides is 1. The van der Waals surface area contributed by atoms with Crippen molar-refractivity contribution >= 4 is 5.91 Å². The highest BCUT2D eigenvalue weighted by Crippen LogP contribution is 2.18. The number of aliphatic hydroxyl groups is 2. The standard InChI is InChI=1S/C58H113NO3/c1-3-5-7-9-11-13-15-17-19-21-23-24-25-26-27-28-29-30-31-32-33-34-35-36-37-39-41-43-45-47-49-51-53-57(61)56(55-60)59-58(62)54-52-50-48-46-44-42-40-38-22-20-18-16-14-12-10-8-6-4-2/h20,22,51,53,56-57,60-61H,3-19,21,23-50,52,54-55H2,1-2H3,(H,59,62)/b22-20-,53-51+. The molecule has 0 aromatic carbocycles. The van der Waals surface area contributed by atoms with E-state index in [9.17, 15) is 15.0 Å². The van der Waals surface area contributed by atoms with Crippen LogP contribution in [0.2, 0.25) is 0 Å². The summed E-state index contributed by atoms with van der Waals surface area (Å²) in [5.41, 5.74) is 0. The molecule has 0 saturated heterocycles. The molecule has 0 bridgehead atoms. The van der Waals surface area contributed by atoms with Crippen LogP contribution in [-0.4, -0.2) is 34.9 Å². The molecule has 0 rings (SSSR count). The summed E-state index contributed by atoms with van der Waals surface area (Å²) in [6, 6.07) is -0.623. The topological polar surface area (TPSA) is 69.6 Å². The van der Waals surface area contributed by atoms with Crippen LogP contribution in [0.4, 0.5) is 0 Å². The molecular weight excluding hydrogens is 759 g/mol. The second-order valence-electron chi connectivity index (χ2n) is 19.7. The van der Waals surface area contributed by atoms with Crippen LogP contribution in [0.3, 0.4) is 0 Å². The maximum absolute atomic E-state index is 12.4. The van der Waals surface area contributed by atoms with Crippen LogP contribution >= 0.6 is 0 Å². The summed E-state index contributed by atoms with van der Waals surface area (Å²) in [6.45, 7) is 4.34. The summed E-state index contributed by atoms with van der Waals surface area (Å²) in [5.74, 6) is -0.0641. The van der Waals surface area contributed by atoms with Crippen molar-refractivity contribution in [3.63, 3.8) is 0 Å². The smallest absolute Gasteiger partial charge is 0.220 e. The molecule has 0 aliphatic heterocycles. The van der Waals surface area contributed by atoms with Crippen LogP contribution in [0, 0.1) is 0 Å². The molecule has 62 heavy (non-hydrogen) atoms. The third kappa shape index (κ3) is 49.9. The molecule has 1 amide bonds. The number of rotatable bonds is 53. The SMILES string of the molecule is CCCCCCCCC/C=C\CCCCCCCCCC(=O)NC(CO)C(O)/C=C/CCCCCCCCCCCCCCCCCCCCCCCCCCCCCCCC. The van der Waals surface area contributed by atoms with E-state index in [1.165, 1.54) is 276 Å². The summed E-state index contributed by atoms with van der Waals surface area (Å²) < 4.78 is 0. The molecule has 0 spiro atoms. The Morgan fingerprint density at radius 1 is 0.371 bits per heavy atom. The average molecular weight is 873 g/mol. The highest BCUT2D eigenvalue weighted by molar-refractivity contribution is 5.76. The van der Waals surface area contributed by atoms with E-state index in [0.29, 0.717) is 6.42 Å². The normalized spacial score (nSPS) is 12.9. The first-order valence-electron chi connectivity index (χ1n) is 28.6. The molecule has 0 fully saturated rings. The maximum atomic E-state index is 12.4. The molecule has 3 N–H and O–H groups in total. The molecule has 0 aromatic heterocycles. The maximum Gasteiger partial charge on any atom is 0.220 e. The largest absolute Gasteiger partial charge is 0.394 e. The van der Waals surface area contributed by atoms with Crippen molar-refractivity contribution in [1.29, 1.82) is 0 Å². The van der Waals surface area contributed by atoms with Gasteiger partial charge in [-0.3, -0.25) is 4.79 Å². The summed E-state index contributed by atoms with van der Waals surface area (Å²) in [4.78, 5) is 12.4. The Hall–Kier alpha value is -1.13. The van der Waals surface area contributed by atoms with Crippen LogP contribution in [0.5, 0.6) is 0 Å². The third-order valence-electron chi connectivity index (χ3n) is 13.4. The number of allylic oxidation sites excluding steroid dienone is 3. The van der Waals surface area contributed by atoms with Crippen LogP contribution in [0.25, 0.3) is 0 Å². The van der Waals surface area contributed by atoms with Crippen LogP contribution in [0.1, 0.15) is 322 Å². The molecule has 2 unspecified atom stereocenters. The summed E-state index contributed by atoms with van der Waals surface area (Å²) in [5, 5.41) is 23.2. The zero-order valence-electron chi connectivity index (χ0n) is 42.4. The van der Waals surface area contributed by atoms with Crippen molar-refractivity contribution in [1.82, 2.24) is 5.32 Å². The fourth-order valence-electron chi connectivity index (χ4n) is 9.06. The lowest BCUT2D eigenvalue weighted by molar-refractivity contribution is -0.123. The summed E-state index contributed by atoms with van der Waals surface area (Å²) in [7, 11) is 0. The third-order valence-corrected chi connectivity index (χ3v) is 13.4.